The fraction of sp³-hybridized carbons (Fsp3) is 0.429. The van der Waals surface area contributed by atoms with Crippen LogP contribution in [0.1, 0.15) is 31.9 Å². The lowest BCUT2D eigenvalue weighted by atomic mass is 10.2. The molecule has 25 heavy (non-hydrogen) atoms. The Kier molecular flexibility index (Phi) is 5.84. The fourth-order valence-corrected chi connectivity index (χ4v) is 5.71. The molecule has 2 nitrogen and oxygen atoms in total. The number of hydrogen-bond acceptors (Lipinski definition) is 4. The Balaban J connectivity index is 1.82. The molecule has 2 aromatic rings. The molecule has 0 spiro atoms. The highest BCUT2D eigenvalue weighted by Crippen LogP contribution is 2.44. The molecular weight excluding hydrogens is 348 g/mol. The van der Waals surface area contributed by atoms with Crippen molar-refractivity contribution >= 4 is 23.5 Å². The van der Waals surface area contributed by atoms with Crippen molar-refractivity contribution in [1.29, 1.82) is 0 Å². The standard InChI is InChI=1S/C21H26O2S2/c1-14-6-10-17(11-7-14)24-20(19-16(3)22-21(4,5)23-19)25-18-12-8-15(2)9-13-18/h6-13,16,19-20H,1-5H3/t16-,19-/m0/s1. The lowest BCUT2D eigenvalue weighted by Gasteiger charge is -2.25. The number of hydrogen-bond donors (Lipinski definition) is 0. The molecule has 0 aliphatic carbocycles. The molecule has 1 heterocycles. The van der Waals surface area contributed by atoms with Gasteiger partial charge in [0.05, 0.1) is 10.7 Å². The Bertz CT molecular complexity index is 647. The summed E-state index contributed by atoms with van der Waals surface area (Å²) in [7, 11) is 0. The van der Waals surface area contributed by atoms with Gasteiger partial charge >= 0.3 is 0 Å². The van der Waals surface area contributed by atoms with Crippen LogP contribution >= 0.6 is 23.5 Å². The van der Waals surface area contributed by atoms with Crippen LogP contribution in [0.4, 0.5) is 0 Å². The summed E-state index contributed by atoms with van der Waals surface area (Å²) in [5.41, 5.74) is 2.56. The molecule has 1 aliphatic heterocycles. The van der Waals surface area contributed by atoms with Crippen molar-refractivity contribution in [2.75, 3.05) is 0 Å². The van der Waals surface area contributed by atoms with Crippen molar-refractivity contribution in [2.45, 2.75) is 67.0 Å². The van der Waals surface area contributed by atoms with E-state index in [1.807, 2.05) is 37.4 Å². The minimum Gasteiger partial charge on any atom is -0.345 e. The van der Waals surface area contributed by atoms with Crippen LogP contribution in [0, 0.1) is 13.8 Å². The van der Waals surface area contributed by atoms with Crippen molar-refractivity contribution in [3.63, 3.8) is 0 Å². The Labute approximate surface area is 159 Å². The van der Waals surface area contributed by atoms with Crippen LogP contribution in [0.2, 0.25) is 0 Å². The third kappa shape index (κ3) is 5.04. The molecule has 3 rings (SSSR count). The van der Waals surface area contributed by atoms with Gasteiger partial charge in [0.15, 0.2) is 5.79 Å². The second-order valence-electron chi connectivity index (χ2n) is 7.04. The van der Waals surface area contributed by atoms with Crippen molar-refractivity contribution in [3.8, 4) is 0 Å². The number of benzene rings is 2. The number of ether oxygens (including phenoxy) is 2. The van der Waals surface area contributed by atoms with Gasteiger partial charge in [0.2, 0.25) is 0 Å². The monoisotopic (exact) mass is 374 g/mol. The normalized spacial score (nSPS) is 22.5. The van der Waals surface area contributed by atoms with Crippen LogP contribution in [-0.4, -0.2) is 22.6 Å². The van der Waals surface area contributed by atoms with Gasteiger partial charge < -0.3 is 9.47 Å². The number of rotatable bonds is 5. The summed E-state index contributed by atoms with van der Waals surface area (Å²) in [4.78, 5) is 2.52. The minimum atomic E-state index is -0.524. The van der Waals surface area contributed by atoms with Crippen molar-refractivity contribution in [1.82, 2.24) is 0 Å². The molecule has 0 saturated carbocycles. The van der Waals surface area contributed by atoms with Gasteiger partial charge in [-0.1, -0.05) is 35.4 Å². The minimum absolute atomic E-state index is 0.0348. The molecule has 0 unspecified atom stereocenters. The molecule has 1 fully saturated rings. The molecule has 0 bridgehead atoms. The summed E-state index contributed by atoms with van der Waals surface area (Å²) in [6.45, 7) is 10.3. The highest BCUT2D eigenvalue weighted by molar-refractivity contribution is 8.17. The topological polar surface area (TPSA) is 18.5 Å². The molecule has 1 saturated heterocycles. The van der Waals surface area contributed by atoms with E-state index < -0.39 is 5.79 Å². The highest BCUT2D eigenvalue weighted by Gasteiger charge is 2.43. The maximum absolute atomic E-state index is 6.25. The van der Waals surface area contributed by atoms with Gasteiger partial charge in [-0.05, 0) is 58.9 Å². The fourth-order valence-electron chi connectivity index (χ4n) is 2.90. The number of thioether (sulfide) groups is 2. The molecule has 134 valence electrons. The smallest absolute Gasteiger partial charge is 0.163 e. The second-order valence-corrected chi connectivity index (χ2v) is 9.76. The predicted molar refractivity (Wildman–Crippen MR) is 107 cm³/mol. The Morgan fingerprint density at radius 1 is 0.800 bits per heavy atom. The average Bonchev–Trinajstić information content (AvgIpc) is 2.84. The average molecular weight is 375 g/mol. The van der Waals surface area contributed by atoms with E-state index in [2.05, 4.69) is 69.3 Å². The number of aryl methyl sites for hydroxylation is 2. The van der Waals surface area contributed by atoms with Gasteiger partial charge in [-0.2, -0.15) is 0 Å². The largest absolute Gasteiger partial charge is 0.345 e. The first-order valence-corrected chi connectivity index (χ1v) is 10.4. The third-order valence-electron chi connectivity index (χ3n) is 4.17. The first-order chi connectivity index (χ1) is 11.8. The Morgan fingerprint density at radius 3 is 1.60 bits per heavy atom. The summed E-state index contributed by atoms with van der Waals surface area (Å²) in [6, 6.07) is 17.4. The molecule has 0 radical (unpaired) electrons. The summed E-state index contributed by atoms with van der Waals surface area (Å²) in [5, 5.41) is 0. The van der Waals surface area contributed by atoms with Crippen LogP contribution in [0.25, 0.3) is 0 Å². The quantitative estimate of drug-likeness (QED) is 0.468. The summed E-state index contributed by atoms with van der Waals surface area (Å²) in [5.74, 6) is -0.524. The van der Waals surface area contributed by atoms with E-state index in [1.165, 1.54) is 20.9 Å². The van der Waals surface area contributed by atoms with Crippen LogP contribution < -0.4 is 0 Å². The maximum atomic E-state index is 6.25. The van der Waals surface area contributed by atoms with E-state index >= 15 is 0 Å². The first-order valence-electron chi connectivity index (χ1n) is 8.65. The van der Waals surface area contributed by atoms with Gasteiger partial charge in [-0.15, -0.1) is 23.5 Å². The van der Waals surface area contributed by atoms with E-state index in [0.29, 0.717) is 0 Å². The van der Waals surface area contributed by atoms with Crippen LogP contribution in [-0.2, 0) is 9.47 Å². The lowest BCUT2D eigenvalue weighted by Crippen LogP contribution is -2.29. The molecule has 4 heteroatoms. The zero-order chi connectivity index (χ0) is 18.0. The summed E-state index contributed by atoms with van der Waals surface area (Å²) in [6.07, 6.45) is 0.100. The molecule has 0 aromatic heterocycles. The van der Waals surface area contributed by atoms with E-state index in [9.17, 15) is 0 Å². The molecule has 2 atom stereocenters. The van der Waals surface area contributed by atoms with Crippen LogP contribution in [0.15, 0.2) is 58.3 Å². The van der Waals surface area contributed by atoms with E-state index in [-0.39, 0.29) is 16.8 Å². The first kappa shape index (κ1) is 18.8. The zero-order valence-electron chi connectivity index (χ0n) is 15.5. The van der Waals surface area contributed by atoms with Gasteiger partial charge in [-0.3, -0.25) is 0 Å². The summed E-state index contributed by atoms with van der Waals surface area (Å²) >= 11 is 3.71. The molecule has 2 aromatic carbocycles. The van der Waals surface area contributed by atoms with Crippen molar-refractivity contribution in [3.05, 3.63) is 59.7 Å². The zero-order valence-corrected chi connectivity index (χ0v) is 17.1. The highest BCUT2D eigenvalue weighted by atomic mass is 32.2. The van der Waals surface area contributed by atoms with Crippen molar-refractivity contribution < 1.29 is 9.47 Å². The molecule has 0 N–H and O–H groups in total. The van der Waals surface area contributed by atoms with Crippen LogP contribution in [0.3, 0.4) is 0 Å². The van der Waals surface area contributed by atoms with Crippen molar-refractivity contribution in [2.24, 2.45) is 0 Å². The second kappa shape index (κ2) is 7.75. The van der Waals surface area contributed by atoms with E-state index in [0.717, 1.165) is 0 Å². The van der Waals surface area contributed by atoms with Gasteiger partial charge in [0.1, 0.15) is 6.10 Å². The molecular formula is C21H26O2S2. The van der Waals surface area contributed by atoms with E-state index in [1.54, 1.807) is 0 Å². The lowest BCUT2D eigenvalue weighted by molar-refractivity contribution is -0.143. The predicted octanol–water partition coefficient (Wildman–Crippen LogP) is 6.05. The molecule has 0 amide bonds. The van der Waals surface area contributed by atoms with Crippen LogP contribution in [0.5, 0.6) is 0 Å². The third-order valence-corrected chi connectivity index (χ3v) is 6.83. The van der Waals surface area contributed by atoms with Gasteiger partial charge in [0.25, 0.3) is 0 Å². The van der Waals surface area contributed by atoms with Gasteiger partial charge in [-0.25, -0.2) is 0 Å². The van der Waals surface area contributed by atoms with Gasteiger partial charge in [0, 0.05) is 9.79 Å². The molecule has 1 aliphatic rings. The maximum Gasteiger partial charge on any atom is 0.163 e. The Hall–Kier alpha value is -0.940. The summed E-state index contributed by atoms with van der Waals surface area (Å²) < 4.78 is 12.5. The van der Waals surface area contributed by atoms with E-state index in [4.69, 9.17) is 9.47 Å². The Morgan fingerprint density at radius 2 is 1.24 bits per heavy atom. The SMILES string of the molecule is Cc1ccc(SC(Sc2ccc(C)cc2)[C@H]2OC(C)(C)O[C@H]2C)cc1.